The number of hydrogen-bond acceptors (Lipinski definition) is 4. The molecule has 5 heteroatoms. The summed E-state index contributed by atoms with van der Waals surface area (Å²) in [5.41, 5.74) is 1.96. The summed E-state index contributed by atoms with van der Waals surface area (Å²) in [5, 5.41) is 15.8. The van der Waals surface area contributed by atoms with Crippen molar-refractivity contribution in [3.8, 4) is 0 Å². The summed E-state index contributed by atoms with van der Waals surface area (Å²) in [6.45, 7) is 2.17. The molecular formula is C14H20N2O2S. The minimum Gasteiger partial charge on any atom is -0.481 e. The number of thioether (sulfide) groups is 1. The molecule has 0 unspecified atom stereocenters. The van der Waals surface area contributed by atoms with E-state index in [1.807, 2.05) is 24.3 Å². The molecule has 0 bridgehead atoms. The number of rotatable bonds is 7. The minimum absolute atomic E-state index is 0.0540. The van der Waals surface area contributed by atoms with Crippen LogP contribution in [-0.2, 0) is 4.79 Å². The highest BCUT2D eigenvalue weighted by molar-refractivity contribution is 8.00. The summed E-state index contributed by atoms with van der Waals surface area (Å²) in [4.78, 5) is 10.5. The van der Waals surface area contributed by atoms with E-state index in [1.54, 1.807) is 11.8 Å². The number of carboxylic acids is 1. The van der Waals surface area contributed by atoms with Gasteiger partial charge in [0.25, 0.3) is 0 Å². The van der Waals surface area contributed by atoms with Crippen LogP contribution >= 0.6 is 11.8 Å². The van der Waals surface area contributed by atoms with Gasteiger partial charge in [0, 0.05) is 0 Å². The van der Waals surface area contributed by atoms with E-state index in [-0.39, 0.29) is 6.42 Å². The first-order valence-corrected chi connectivity index (χ1v) is 7.65. The summed E-state index contributed by atoms with van der Waals surface area (Å²) in [5.74, 6) is 0.158. The van der Waals surface area contributed by atoms with Gasteiger partial charge in [-0.3, -0.25) is 4.79 Å². The average molecular weight is 280 g/mol. The molecule has 0 amide bonds. The smallest absolute Gasteiger partial charge is 0.308 e. The van der Waals surface area contributed by atoms with Crippen LogP contribution in [0.2, 0.25) is 0 Å². The van der Waals surface area contributed by atoms with Crippen molar-refractivity contribution in [3.63, 3.8) is 0 Å². The van der Waals surface area contributed by atoms with Gasteiger partial charge in [-0.2, -0.15) is 0 Å². The van der Waals surface area contributed by atoms with Gasteiger partial charge in [-0.25, -0.2) is 0 Å². The lowest BCUT2D eigenvalue weighted by atomic mass is 10.3. The highest BCUT2D eigenvalue weighted by atomic mass is 32.2. The molecule has 4 nitrogen and oxygen atoms in total. The fourth-order valence-electron chi connectivity index (χ4n) is 2.19. The zero-order valence-electron chi connectivity index (χ0n) is 11.1. The molecule has 3 N–H and O–H groups in total. The number of unbranched alkanes of at least 4 members (excludes halogenated alkanes) is 2. The Morgan fingerprint density at radius 3 is 2.42 bits per heavy atom. The number of fused-ring (bicyclic) bond motifs is 1. The molecule has 1 aromatic carbocycles. The number of hydrogen-bond donors (Lipinski definition) is 3. The number of anilines is 2. The van der Waals surface area contributed by atoms with E-state index in [1.165, 1.54) is 12.8 Å². The number of para-hydroxylation sites is 2. The van der Waals surface area contributed by atoms with Crippen molar-refractivity contribution < 1.29 is 9.90 Å². The zero-order chi connectivity index (χ0) is 13.7. The van der Waals surface area contributed by atoms with Gasteiger partial charge in [-0.15, -0.1) is 11.8 Å². The second-order valence-electron chi connectivity index (χ2n) is 4.75. The maximum Gasteiger partial charge on any atom is 0.308 e. The largest absolute Gasteiger partial charge is 0.481 e. The first kappa shape index (κ1) is 14.1. The van der Waals surface area contributed by atoms with Crippen LogP contribution in [0.15, 0.2) is 24.3 Å². The first-order valence-electron chi connectivity index (χ1n) is 6.66. The molecule has 19 heavy (non-hydrogen) atoms. The number of nitrogens with one attached hydrogen (secondary N) is 2. The second kappa shape index (κ2) is 6.19. The van der Waals surface area contributed by atoms with Gasteiger partial charge in [0.2, 0.25) is 0 Å². The Balaban J connectivity index is 2.04. The third-order valence-corrected chi connectivity index (χ3v) is 4.43. The molecule has 0 aliphatic carbocycles. The number of carbonyl (C=O) groups is 1. The van der Waals surface area contributed by atoms with Crippen molar-refractivity contribution >= 4 is 29.1 Å². The first-order chi connectivity index (χ1) is 9.15. The Morgan fingerprint density at radius 1 is 1.26 bits per heavy atom. The summed E-state index contributed by atoms with van der Waals surface area (Å²) in [7, 11) is 0. The fraction of sp³-hybridized carbons (Fsp3) is 0.500. The minimum atomic E-state index is -0.796. The molecule has 1 heterocycles. The molecule has 2 rings (SSSR count). The highest BCUT2D eigenvalue weighted by Crippen LogP contribution is 2.41. The van der Waals surface area contributed by atoms with Crippen molar-refractivity contribution in [3.05, 3.63) is 24.3 Å². The van der Waals surface area contributed by atoms with Gasteiger partial charge >= 0.3 is 5.97 Å². The van der Waals surface area contributed by atoms with Crippen molar-refractivity contribution in [1.29, 1.82) is 0 Å². The van der Waals surface area contributed by atoms with E-state index in [0.717, 1.165) is 23.5 Å². The highest BCUT2D eigenvalue weighted by Gasteiger charge is 2.38. The van der Waals surface area contributed by atoms with Crippen LogP contribution in [0.5, 0.6) is 0 Å². The molecule has 1 aliphatic heterocycles. The summed E-state index contributed by atoms with van der Waals surface area (Å²) >= 11 is 1.65. The molecule has 0 atom stereocenters. The van der Waals surface area contributed by atoms with Crippen LogP contribution in [0.3, 0.4) is 0 Å². The van der Waals surface area contributed by atoms with Crippen LogP contribution < -0.4 is 10.6 Å². The van der Waals surface area contributed by atoms with Crippen molar-refractivity contribution in [1.82, 2.24) is 0 Å². The van der Waals surface area contributed by atoms with Crippen LogP contribution in [0.1, 0.15) is 32.6 Å². The van der Waals surface area contributed by atoms with Crippen LogP contribution in [-0.4, -0.2) is 21.8 Å². The molecular weight excluding hydrogens is 260 g/mol. The maximum atomic E-state index is 11.1. The normalized spacial score (nSPS) is 15.4. The van der Waals surface area contributed by atoms with Gasteiger partial charge in [-0.1, -0.05) is 31.9 Å². The molecule has 0 saturated carbocycles. The molecule has 0 fully saturated rings. The Bertz CT molecular complexity index is 426. The summed E-state index contributed by atoms with van der Waals surface area (Å²) < 4.78 is 0. The van der Waals surface area contributed by atoms with E-state index < -0.39 is 11.0 Å². The summed E-state index contributed by atoms with van der Waals surface area (Å²) in [6.07, 6.45) is 3.53. The fourth-order valence-corrected chi connectivity index (χ4v) is 3.48. The Hall–Kier alpha value is -1.36. The second-order valence-corrected chi connectivity index (χ2v) is 6.14. The molecule has 1 aliphatic rings. The van der Waals surface area contributed by atoms with E-state index in [4.69, 9.17) is 5.11 Å². The van der Waals surface area contributed by atoms with E-state index in [2.05, 4.69) is 17.6 Å². The molecule has 1 aromatic rings. The quantitative estimate of drug-likeness (QED) is 0.666. The van der Waals surface area contributed by atoms with Crippen molar-refractivity contribution in [2.75, 3.05) is 16.4 Å². The standard InChI is InChI=1S/C14H20N2O2S/c1-2-3-6-9-19-14(10-13(17)18)15-11-7-4-5-8-12(11)16-14/h4-5,7-8,15-16H,2-3,6,9-10H2,1H3,(H,17,18). The van der Waals surface area contributed by atoms with Gasteiger partial charge < -0.3 is 15.7 Å². The topological polar surface area (TPSA) is 61.4 Å². The summed E-state index contributed by atoms with van der Waals surface area (Å²) in [6, 6.07) is 7.84. The van der Waals surface area contributed by atoms with Gasteiger partial charge in [0.1, 0.15) is 0 Å². The number of benzene rings is 1. The lowest BCUT2D eigenvalue weighted by Gasteiger charge is -2.28. The monoisotopic (exact) mass is 280 g/mol. The van der Waals surface area contributed by atoms with Crippen LogP contribution in [0, 0.1) is 0 Å². The third-order valence-electron chi connectivity index (χ3n) is 3.10. The van der Waals surface area contributed by atoms with Crippen LogP contribution in [0.25, 0.3) is 0 Å². The van der Waals surface area contributed by atoms with E-state index >= 15 is 0 Å². The van der Waals surface area contributed by atoms with E-state index in [9.17, 15) is 4.79 Å². The van der Waals surface area contributed by atoms with E-state index in [0.29, 0.717) is 0 Å². The van der Waals surface area contributed by atoms with Crippen molar-refractivity contribution in [2.45, 2.75) is 37.6 Å². The van der Waals surface area contributed by atoms with Crippen LogP contribution in [0.4, 0.5) is 11.4 Å². The van der Waals surface area contributed by atoms with Crippen molar-refractivity contribution in [2.24, 2.45) is 0 Å². The Morgan fingerprint density at radius 2 is 1.89 bits per heavy atom. The SMILES string of the molecule is CCCCCSC1(CC(=O)O)Nc2ccccc2N1. The number of carboxylic acid groups (broad SMARTS) is 1. The molecule has 0 radical (unpaired) electrons. The third kappa shape index (κ3) is 3.56. The van der Waals surface area contributed by atoms with Gasteiger partial charge in [0.05, 0.1) is 17.8 Å². The predicted molar refractivity (Wildman–Crippen MR) is 80.7 cm³/mol. The molecule has 0 aromatic heterocycles. The zero-order valence-corrected chi connectivity index (χ0v) is 11.9. The lowest BCUT2D eigenvalue weighted by molar-refractivity contribution is -0.137. The van der Waals surface area contributed by atoms with Gasteiger partial charge in [-0.05, 0) is 24.3 Å². The Kier molecular flexibility index (Phi) is 4.58. The lowest BCUT2D eigenvalue weighted by Crippen LogP contribution is -2.40. The molecule has 0 spiro atoms. The molecule has 0 saturated heterocycles. The number of aliphatic carboxylic acids is 1. The van der Waals surface area contributed by atoms with Gasteiger partial charge in [0.15, 0.2) is 4.99 Å². The maximum absolute atomic E-state index is 11.1. The Labute approximate surface area is 118 Å². The molecule has 104 valence electrons. The average Bonchev–Trinajstić information content (AvgIpc) is 2.72. The predicted octanol–water partition coefficient (Wildman–Crippen LogP) is 3.58.